The number of hydrogen-bond donors (Lipinski definition) is 1. The highest BCUT2D eigenvalue weighted by Crippen LogP contribution is 2.22. The van der Waals surface area contributed by atoms with Crippen molar-refractivity contribution in [3.63, 3.8) is 0 Å². The van der Waals surface area contributed by atoms with Crippen molar-refractivity contribution in [3.05, 3.63) is 45.4 Å². The van der Waals surface area contributed by atoms with Crippen molar-refractivity contribution < 1.29 is 4.92 Å². The Bertz CT molecular complexity index is 621. The SMILES string of the molecule is Cc1ccc([N+](=O)[O-])c(NCc2cnn(C)c2C)n1. The molecule has 0 aliphatic rings. The smallest absolute Gasteiger partial charge is 0.311 e. The number of aryl methyl sites for hydroxylation is 2. The molecule has 100 valence electrons. The molecule has 2 heterocycles. The van der Waals surface area contributed by atoms with Gasteiger partial charge in [0.2, 0.25) is 5.82 Å². The van der Waals surface area contributed by atoms with Crippen LogP contribution in [0.2, 0.25) is 0 Å². The van der Waals surface area contributed by atoms with Gasteiger partial charge in [-0.05, 0) is 19.9 Å². The van der Waals surface area contributed by atoms with E-state index < -0.39 is 4.92 Å². The summed E-state index contributed by atoms with van der Waals surface area (Å²) >= 11 is 0. The van der Waals surface area contributed by atoms with Gasteiger partial charge in [0, 0.05) is 36.6 Å². The van der Waals surface area contributed by atoms with E-state index in [1.807, 2.05) is 14.0 Å². The third kappa shape index (κ3) is 2.70. The normalized spacial score (nSPS) is 10.5. The van der Waals surface area contributed by atoms with Crippen LogP contribution in [0.15, 0.2) is 18.3 Å². The lowest BCUT2D eigenvalue weighted by Gasteiger charge is -2.06. The van der Waals surface area contributed by atoms with Gasteiger partial charge in [-0.1, -0.05) is 0 Å². The summed E-state index contributed by atoms with van der Waals surface area (Å²) < 4.78 is 1.76. The van der Waals surface area contributed by atoms with E-state index >= 15 is 0 Å². The van der Waals surface area contributed by atoms with E-state index in [9.17, 15) is 10.1 Å². The first-order chi connectivity index (χ1) is 8.99. The first-order valence-corrected chi connectivity index (χ1v) is 5.82. The fourth-order valence-electron chi connectivity index (χ4n) is 1.72. The van der Waals surface area contributed by atoms with Crippen LogP contribution in [0.4, 0.5) is 11.5 Å². The Hall–Kier alpha value is -2.44. The zero-order valence-electron chi connectivity index (χ0n) is 11.0. The first kappa shape index (κ1) is 13.0. The van der Waals surface area contributed by atoms with E-state index in [1.54, 1.807) is 23.9 Å². The lowest BCUT2D eigenvalue weighted by atomic mass is 10.2. The van der Waals surface area contributed by atoms with Crippen molar-refractivity contribution in [1.29, 1.82) is 0 Å². The lowest BCUT2D eigenvalue weighted by molar-refractivity contribution is -0.384. The zero-order chi connectivity index (χ0) is 14.0. The molecular formula is C12H15N5O2. The van der Waals surface area contributed by atoms with Crippen molar-refractivity contribution in [2.24, 2.45) is 7.05 Å². The van der Waals surface area contributed by atoms with Gasteiger partial charge in [0.1, 0.15) is 0 Å². The fourth-order valence-corrected chi connectivity index (χ4v) is 1.72. The minimum Gasteiger partial charge on any atom is -0.360 e. The number of pyridine rings is 1. The monoisotopic (exact) mass is 261 g/mol. The van der Waals surface area contributed by atoms with Gasteiger partial charge in [-0.15, -0.1) is 0 Å². The molecule has 0 aliphatic carbocycles. The second-order valence-corrected chi connectivity index (χ2v) is 4.31. The molecule has 0 bridgehead atoms. The standard InChI is InChI=1S/C12H15N5O2/c1-8-4-5-11(17(18)19)12(15-8)13-6-10-7-14-16(3)9(10)2/h4-5,7H,6H2,1-3H3,(H,13,15). The van der Waals surface area contributed by atoms with Crippen LogP contribution in [-0.2, 0) is 13.6 Å². The summed E-state index contributed by atoms with van der Waals surface area (Å²) in [7, 11) is 1.85. The largest absolute Gasteiger partial charge is 0.360 e. The summed E-state index contributed by atoms with van der Waals surface area (Å²) in [5.74, 6) is 0.285. The van der Waals surface area contributed by atoms with Crippen LogP contribution in [0.3, 0.4) is 0 Å². The van der Waals surface area contributed by atoms with Crippen molar-refractivity contribution >= 4 is 11.5 Å². The third-order valence-electron chi connectivity index (χ3n) is 2.99. The molecule has 0 spiro atoms. The van der Waals surface area contributed by atoms with E-state index in [1.165, 1.54) is 6.07 Å². The Kier molecular flexibility index (Phi) is 3.46. The van der Waals surface area contributed by atoms with Crippen molar-refractivity contribution in [2.75, 3.05) is 5.32 Å². The fraction of sp³-hybridized carbons (Fsp3) is 0.333. The molecule has 0 amide bonds. The van der Waals surface area contributed by atoms with Crippen LogP contribution in [0, 0.1) is 24.0 Å². The predicted octanol–water partition coefficient (Wildman–Crippen LogP) is 1.95. The van der Waals surface area contributed by atoms with Crippen LogP contribution in [-0.4, -0.2) is 19.7 Å². The molecule has 0 unspecified atom stereocenters. The van der Waals surface area contributed by atoms with Gasteiger partial charge >= 0.3 is 5.69 Å². The van der Waals surface area contributed by atoms with Crippen LogP contribution >= 0.6 is 0 Å². The highest BCUT2D eigenvalue weighted by Gasteiger charge is 2.15. The van der Waals surface area contributed by atoms with Crippen molar-refractivity contribution in [1.82, 2.24) is 14.8 Å². The predicted molar refractivity (Wildman–Crippen MR) is 70.9 cm³/mol. The van der Waals surface area contributed by atoms with Gasteiger partial charge in [0.15, 0.2) is 0 Å². The minimum absolute atomic E-state index is 0.0212. The van der Waals surface area contributed by atoms with Crippen molar-refractivity contribution in [2.45, 2.75) is 20.4 Å². The molecule has 7 heteroatoms. The number of nitrogens with one attached hydrogen (secondary N) is 1. The number of hydrogen-bond acceptors (Lipinski definition) is 5. The Labute approximate surface area is 110 Å². The molecular weight excluding hydrogens is 246 g/mol. The first-order valence-electron chi connectivity index (χ1n) is 5.82. The van der Waals surface area contributed by atoms with Crippen LogP contribution < -0.4 is 5.32 Å². The third-order valence-corrected chi connectivity index (χ3v) is 2.99. The molecule has 7 nitrogen and oxygen atoms in total. The summed E-state index contributed by atoms with van der Waals surface area (Å²) in [6, 6.07) is 3.08. The van der Waals surface area contributed by atoms with E-state index in [4.69, 9.17) is 0 Å². The lowest BCUT2D eigenvalue weighted by Crippen LogP contribution is -2.06. The van der Waals surface area contributed by atoms with E-state index in [0.717, 1.165) is 17.0 Å². The highest BCUT2D eigenvalue weighted by molar-refractivity contribution is 5.56. The molecule has 2 aromatic heterocycles. The van der Waals surface area contributed by atoms with Gasteiger partial charge in [-0.25, -0.2) is 4.98 Å². The molecule has 1 N–H and O–H groups in total. The van der Waals surface area contributed by atoms with Gasteiger partial charge in [-0.2, -0.15) is 5.10 Å². The average Bonchev–Trinajstić information content (AvgIpc) is 2.67. The van der Waals surface area contributed by atoms with Gasteiger partial charge < -0.3 is 5.32 Å². The van der Waals surface area contributed by atoms with E-state index in [-0.39, 0.29) is 11.5 Å². The maximum absolute atomic E-state index is 10.9. The maximum atomic E-state index is 10.9. The molecule has 0 aliphatic heterocycles. The number of nitro groups is 1. The quantitative estimate of drug-likeness (QED) is 0.671. The average molecular weight is 261 g/mol. The van der Waals surface area contributed by atoms with Crippen LogP contribution in [0.25, 0.3) is 0 Å². The van der Waals surface area contributed by atoms with E-state index in [0.29, 0.717) is 6.54 Å². The summed E-state index contributed by atoms with van der Waals surface area (Å²) in [6.45, 7) is 4.20. The van der Waals surface area contributed by atoms with Crippen molar-refractivity contribution in [3.8, 4) is 0 Å². The van der Waals surface area contributed by atoms with Gasteiger partial charge in [0.05, 0.1) is 11.1 Å². The summed E-state index contributed by atoms with van der Waals surface area (Å²) in [6.07, 6.45) is 1.74. The Morgan fingerprint density at radius 2 is 2.16 bits per heavy atom. The molecule has 0 aromatic carbocycles. The topological polar surface area (TPSA) is 85.9 Å². The summed E-state index contributed by atoms with van der Waals surface area (Å²) in [5, 5.41) is 18.1. The highest BCUT2D eigenvalue weighted by atomic mass is 16.6. The molecule has 0 saturated heterocycles. The molecule has 2 aromatic rings. The molecule has 0 radical (unpaired) electrons. The van der Waals surface area contributed by atoms with E-state index in [2.05, 4.69) is 15.4 Å². The minimum atomic E-state index is -0.440. The number of aromatic nitrogens is 3. The zero-order valence-corrected chi connectivity index (χ0v) is 11.0. The molecule has 0 atom stereocenters. The molecule has 0 fully saturated rings. The molecule has 2 rings (SSSR count). The number of rotatable bonds is 4. The van der Waals surface area contributed by atoms with Gasteiger partial charge in [-0.3, -0.25) is 14.8 Å². The number of nitrogens with zero attached hydrogens (tertiary/aromatic N) is 4. The Morgan fingerprint density at radius 1 is 1.42 bits per heavy atom. The van der Waals surface area contributed by atoms with Gasteiger partial charge in [0.25, 0.3) is 0 Å². The van der Waals surface area contributed by atoms with Crippen LogP contribution in [0.1, 0.15) is 17.0 Å². The molecule has 0 saturated carbocycles. The maximum Gasteiger partial charge on any atom is 0.311 e. The number of anilines is 1. The summed E-state index contributed by atoms with van der Waals surface area (Å²) in [4.78, 5) is 14.7. The second kappa shape index (κ2) is 5.05. The molecule has 19 heavy (non-hydrogen) atoms. The second-order valence-electron chi connectivity index (χ2n) is 4.31. The Morgan fingerprint density at radius 3 is 2.74 bits per heavy atom. The Balaban J connectivity index is 2.21. The summed E-state index contributed by atoms with van der Waals surface area (Å²) in [5.41, 5.74) is 2.71. The van der Waals surface area contributed by atoms with Crippen LogP contribution in [0.5, 0.6) is 0 Å².